The summed E-state index contributed by atoms with van der Waals surface area (Å²) in [6.07, 6.45) is -1.96. The number of benzene rings is 3. The lowest BCUT2D eigenvalue weighted by molar-refractivity contribution is -0.384. The van der Waals surface area contributed by atoms with Crippen molar-refractivity contribution >= 4 is 46.2 Å². The third kappa shape index (κ3) is 5.74. The number of fused-ring (bicyclic) bond motifs is 1. The minimum absolute atomic E-state index is 0.0145. The topological polar surface area (TPSA) is 75.5 Å². The highest BCUT2D eigenvalue weighted by Gasteiger charge is 2.31. The Morgan fingerprint density at radius 1 is 1.03 bits per heavy atom. The van der Waals surface area contributed by atoms with Gasteiger partial charge in [-0.15, -0.1) is 0 Å². The van der Waals surface area contributed by atoms with Crippen LogP contribution < -0.4 is 10.2 Å². The Morgan fingerprint density at radius 3 is 2.50 bits per heavy atom. The molecule has 0 aliphatic carbocycles. The van der Waals surface area contributed by atoms with E-state index in [1.54, 1.807) is 6.07 Å². The number of rotatable bonds is 5. The molecule has 3 aromatic carbocycles. The largest absolute Gasteiger partial charge is 0.416 e. The van der Waals surface area contributed by atoms with Crippen LogP contribution in [0.25, 0.3) is 0 Å². The van der Waals surface area contributed by atoms with Crippen molar-refractivity contribution in [3.8, 4) is 0 Å². The molecule has 1 heterocycles. The second-order valence-electron chi connectivity index (χ2n) is 8.40. The van der Waals surface area contributed by atoms with E-state index in [1.165, 1.54) is 18.2 Å². The van der Waals surface area contributed by atoms with Gasteiger partial charge in [-0.05, 0) is 66.8 Å². The van der Waals surface area contributed by atoms with Crippen LogP contribution >= 0.6 is 23.2 Å². The number of nitrogens with one attached hydrogen (secondary N) is 1. The Bertz CT molecular complexity index is 1330. The van der Waals surface area contributed by atoms with Gasteiger partial charge >= 0.3 is 6.18 Å². The number of nitro groups is 1. The zero-order valence-electron chi connectivity index (χ0n) is 18.7. The van der Waals surface area contributed by atoms with Gasteiger partial charge in [0.1, 0.15) is 0 Å². The fourth-order valence-electron chi connectivity index (χ4n) is 4.13. The Labute approximate surface area is 214 Å². The number of carbonyl (C=O) groups excluding carboxylic acids is 1. The monoisotopic (exact) mass is 537 g/mol. The van der Waals surface area contributed by atoms with Crippen molar-refractivity contribution in [3.63, 3.8) is 0 Å². The molecule has 1 aliphatic rings. The molecule has 11 heteroatoms. The number of hydrogen-bond acceptors (Lipinski definition) is 4. The van der Waals surface area contributed by atoms with E-state index in [-0.39, 0.29) is 21.3 Å². The minimum atomic E-state index is -4.47. The van der Waals surface area contributed by atoms with Crippen molar-refractivity contribution in [2.75, 3.05) is 16.8 Å². The summed E-state index contributed by atoms with van der Waals surface area (Å²) in [6.45, 7) is 1.03. The van der Waals surface area contributed by atoms with E-state index < -0.39 is 22.6 Å². The summed E-state index contributed by atoms with van der Waals surface area (Å²) in [5.74, 6) is -0.578. The lowest BCUT2D eigenvalue weighted by Crippen LogP contribution is -2.24. The second-order valence-corrected chi connectivity index (χ2v) is 9.22. The van der Waals surface area contributed by atoms with Gasteiger partial charge in [-0.3, -0.25) is 14.9 Å². The first kappa shape index (κ1) is 25.8. The fraction of sp³-hybridized carbons (Fsp3) is 0.240. The number of anilines is 2. The van der Waals surface area contributed by atoms with Gasteiger partial charge < -0.3 is 10.2 Å². The molecule has 1 aliphatic heterocycles. The maximum absolute atomic E-state index is 13.0. The van der Waals surface area contributed by atoms with Crippen molar-refractivity contribution in [2.24, 2.45) is 0 Å². The van der Waals surface area contributed by atoms with Crippen LogP contribution in [0.4, 0.5) is 30.2 Å². The molecule has 0 unspecified atom stereocenters. The van der Waals surface area contributed by atoms with Gasteiger partial charge in [0.2, 0.25) is 0 Å². The summed E-state index contributed by atoms with van der Waals surface area (Å²) >= 11 is 12.3. The molecule has 0 spiro atoms. The molecule has 4 rings (SSSR count). The summed E-state index contributed by atoms with van der Waals surface area (Å²) in [6, 6.07) is 12.4. The van der Waals surface area contributed by atoms with Crippen molar-refractivity contribution in [2.45, 2.75) is 32.0 Å². The first-order chi connectivity index (χ1) is 17.0. The second kappa shape index (κ2) is 10.4. The van der Waals surface area contributed by atoms with Gasteiger partial charge in [0.25, 0.3) is 11.6 Å². The molecular weight excluding hydrogens is 518 g/mol. The van der Waals surface area contributed by atoms with Gasteiger partial charge in [-0.1, -0.05) is 29.3 Å². The number of non-ortho nitro benzene ring substituents is 1. The quantitative estimate of drug-likeness (QED) is 0.269. The standard InChI is InChI=1S/C25H20Cl2F3N3O3/c26-21-8-7-19(33(35)36)13-20(21)24(34)31-18-6-9-23-15(11-18)3-1-2-10-32(23)14-16-4-5-17(12-22(16)27)25(28,29)30/h4-9,11-13H,1-3,10,14H2,(H,31,34). The smallest absolute Gasteiger partial charge is 0.367 e. The molecule has 1 amide bonds. The first-order valence-corrected chi connectivity index (χ1v) is 11.8. The first-order valence-electron chi connectivity index (χ1n) is 11.0. The van der Waals surface area contributed by atoms with Crippen LogP contribution in [0.3, 0.4) is 0 Å². The third-order valence-electron chi connectivity index (χ3n) is 5.95. The number of nitro benzene ring substituents is 1. The number of aryl methyl sites for hydroxylation is 1. The van der Waals surface area contributed by atoms with Gasteiger partial charge in [0, 0.05) is 41.6 Å². The third-order valence-corrected chi connectivity index (χ3v) is 6.63. The average Bonchev–Trinajstić information content (AvgIpc) is 3.01. The summed E-state index contributed by atoms with van der Waals surface area (Å²) in [5, 5.41) is 13.9. The summed E-state index contributed by atoms with van der Waals surface area (Å²) in [5.41, 5.74) is 1.87. The van der Waals surface area contributed by atoms with Crippen LogP contribution in [0.2, 0.25) is 10.0 Å². The van der Waals surface area contributed by atoms with Crippen LogP contribution in [-0.2, 0) is 19.1 Å². The van der Waals surface area contributed by atoms with Gasteiger partial charge in [-0.25, -0.2) is 0 Å². The highest BCUT2D eigenvalue weighted by atomic mass is 35.5. The molecule has 0 aromatic heterocycles. The highest BCUT2D eigenvalue weighted by molar-refractivity contribution is 6.34. The zero-order chi connectivity index (χ0) is 26.0. The zero-order valence-corrected chi connectivity index (χ0v) is 20.3. The van der Waals surface area contributed by atoms with Crippen molar-refractivity contribution < 1.29 is 22.9 Å². The van der Waals surface area contributed by atoms with Crippen LogP contribution in [0.5, 0.6) is 0 Å². The molecule has 0 radical (unpaired) electrons. The summed E-state index contributed by atoms with van der Waals surface area (Å²) in [7, 11) is 0. The van der Waals surface area contributed by atoms with E-state index in [0.717, 1.165) is 48.7 Å². The molecule has 0 saturated heterocycles. The molecular formula is C25H20Cl2F3N3O3. The molecule has 6 nitrogen and oxygen atoms in total. The van der Waals surface area contributed by atoms with E-state index in [9.17, 15) is 28.1 Å². The summed E-state index contributed by atoms with van der Waals surface area (Å²) < 4.78 is 39.0. The van der Waals surface area contributed by atoms with E-state index in [0.29, 0.717) is 24.3 Å². The van der Waals surface area contributed by atoms with Crippen LogP contribution in [0, 0.1) is 10.1 Å². The number of nitrogens with zero attached hydrogens (tertiary/aromatic N) is 2. The van der Waals surface area contributed by atoms with Crippen molar-refractivity contribution in [1.82, 2.24) is 0 Å². The number of halogens is 5. The van der Waals surface area contributed by atoms with E-state index >= 15 is 0 Å². The average molecular weight is 538 g/mol. The van der Waals surface area contributed by atoms with Crippen LogP contribution in [0.15, 0.2) is 54.6 Å². The molecule has 0 bridgehead atoms. The SMILES string of the molecule is O=C(Nc1ccc2c(c1)CCCCN2Cc1ccc(C(F)(F)F)cc1Cl)c1cc([N+](=O)[O-])ccc1Cl. The van der Waals surface area contributed by atoms with Crippen molar-refractivity contribution in [1.29, 1.82) is 0 Å². The van der Waals surface area contributed by atoms with E-state index in [1.807, 2.05) is 12.1 Å². The normalized spacial score (nSPS) is 13.6. The predicted octanol–water partition coefficient (Wildman–Crippen LogP) is 7.52. The Hall–Kier alpha value is -3.30. The Kier molecular flexibility index (Phi) is 7.42. The molecule has 0 atom stereocenters. The Morgan fingerprint density at radius 2 is 1.81 bits per heavy atom. The van der Waals surface area contributed by atoms with Gasteiger partial charge in [0.15, 0.2) is 0 Å². The molecule has 0 saturated carbocycles. The fourth-order valence-corrected chi connectivity index (χ4v) is 4.58. The van der Waals surface area contributed by atoms with E-state index in [4.69, 9.17) is 23.2 Å². The molecule has 36 heavy (non-hydrogen) atoms. The van der Waals surface area contributed by atoms with Crippen LogP contribution in [-0.4, -0.2) is 17.4 Å². The number of alkyl halides is 3. The van der Waals surface area contributed by atoms with Gasteiger partial charge in [-0.2, -0.15) is 13.2 Å². The van der Waals surface area contributed by atoms with E-state index in [2.05, 4.69) is 10.2 Å². The van der Waals surface area contributed by atoms with Gasteiger partial charge in [0.05, 0.1) is 21.1 Å². The number of amides is 1. The van der Waals surface area contributed by atoms with Crippen LogP contribution in [0.1, 0.15) is 39.9 Å². The molecule has 188 valence electrons. The molecule has 3 aromatic rings. The predicted molar refractivity (Wildman–Crippen MR) is 133 cm³/mol. The summed E-state index contributed by atoms with van der Waals surface area (Å²) in [4.78, 5) is 25.3. The number of hydrogen-bond donors (Lipinski definition) is 1. The maximum Gasteiger partial charge on any atom is 0.416 e. The molecule has 0 fully saturated rings. The lowest BCUT2D eigenvalue weighted by Gasteiger charge is -2.26. The highest BCUT2D eigenvalue weighted by Crippen LogP contribution is 2.35. The maximum atomic E-state index is 13.0. The Balaban J connectivity index is 1.56. The minimum Gasteiger partial charge on any atom is -0.367 e. The lowest BCUT2D eigenvalue weighted by atomic mass is 10.1. The van der Waals surface area contributed by atoms with Crippen molar-refractivity contribution in [3.05, 3.63) is 97.0 Å². The molecule has 1 N–H and O–H groups in total. The number of carbonyl (C=O) groups is 1.